The predicted octanol–water partition coefficient (Wildman–Crippen LogP) is 1.86. The molecular weight excluding hydrogens is 298 g/mol. The van der Waals surface area contributed by atoms with E-state index in [9.17, 15) is 4.79 Å². The van der Waals surface area contributed by atoms with Crippen molar-refractivity contribution in [2.45, 2.75) is 18.9 Å². The monoisotopic (exact) mass is 319 g/mol. The molecule has 0 unspecified atom stereocenters. The second kappa shape index (κ2) is 7.87. The van der Waals surface area contributed by atoms with Gasteiger partial charge in [-0.1, -0.05) is 6.07 Å². The number of ether oxygens (including phenoxy) is 4. The van der Waals surface area contributed by atoms with Gasteiger partial charge in [0.15, 0.2) is 0 Å². The topological polar surface area (TPSA) is 66.0 Å². The molecule has 0 aromatic heterocycles. The summed E-state index contributed by atoms with van der Waals surface area (Å²) in [6.07, 6.45) is 3.79. The van der Waals surface area contributed by atoms with Crippen LogP contribution in [0, 0.1) is 0 Å². The first-order valence-electron chi connectivity index (χ1n) is 7.87. The molecule has 0 bridgehead atoms. The van der Waals surface area contributed by atoms with Gasteiger partial charge in [-0.3, -0.25) is 4.79 Å². The molecule has 1 saturated heterocycles. The van der Waals surface area contributed by atoms with E-state index in [-0.39, 0.29) is 12.0 Å². The van der Waals surface area contributed by atoms with Crippen LogP contribution in [-0.2, 0) is 14.2 Å². The van der Waals surface area contributed by atoms with E-state index < -0.39 is 0 Å². The molecule has 6 heteroatoms. The summed E-state index contributed by atoms with van der Waals surface area (Å²) in [5.41, 5.74) is 0.548. The smallest absolute Gasteiger partial charge is 0.251 e. The molecule has 0 radical (unpaired) electrons. The molecule has 2 aliphatic rings. The van der Waals surface area contributed by atoms with Crippen LogP contribution in [0.5, 0.6) is 5.75 Å². The number of carbonyl (C=O) groups excluding carboxylic acids is 1. The SMILES string of the molecule is O=C(NCC1=COCCO1)c1cccc(OC[C@@H]2CCCO2)c1. The lowest BCUT2D eigenvalue weighted by Gasteiger charge is -2.16. The third-order valence-corrected chi connectivity index (χ3v) is 3.68. The molecule has 1 amide bonds. The van der Waals surface area contributed by atoms with Crippen LogP contribution in [0.15, 0.2) is 36.3 Å². The zero-order chi connectivity index (χ0) is 15.9. The molecular formula is C17H21NO5. The second-order valence-electron chi connectivity index (χ2n) is 5.46. The van der Waals surface area contributed by atoms with Crippen LogP contribution in [-0.4, -0.2) is 45.0 Å². The Bertz CT molecular complexity index is 566. The number of hydrogen-bond acceptors (Lipinski definition) is 5. The van der Waals surface area contributed by atoms with E-state index in [1.54, 1.807) is 18.2 Å². The summed E-state index contributed by atoms with van der Waals surface area (Å²) in [5, 5.41) is 2.80. The average Bonchev–Trinajstić information content (AvgIpc) is 3.12. The maximum absolute atomic E-state index is 12.2. The van der Waals surface area contributed by atoms with Crippen molar-refractivity contribution in [3.05, 3.63) is 41.9 Å². The van der Waals surface area contributed by atoms with Gasteiger partial charge in [-0.2, -0.15) is 0 Å². The summed E-state index contributed by atoms with van der Waals surface area (Å²) in [6.45, 7) is 2.68. The van der Waals surface area contributed by atoms with Crippen molar-refractivity contribution in [3.63, 3.8) is 0 Å². The molecule has 23 heavy (non-hydrogen) atoms. The third-order valence-electron chi connectivity index (χ3n) is 3.68. The number of hydrogen-bond donors (Lipinski definition) is 1. The lowest BCUT2D eigenvalue weighted by atomic mass is 10.2. The second-order valence-corrected chi connectivity index (χ2v) is 5.46. The number of benzene rings is 1. The molecule has 0 saturated carbocycles. The number of rotatable bonds is 6. The Kier molecular flexibility index (Phi) is 5.37. The fourth-order valence-corrected chi connectivity index (χ4v) is 2.46. The average molecular weight is 319 g/mol. The molecule has 1 aromatic carbocycles. The van der Waals surface area contributed by atoms with Gasteiger partial charge in [-0.15, -0.1) is 0 Å². The van der Waals surface area contributed by atoms with Gasteiger partial charge in [0.2, 0.25) is 0 Å². The van der Waals surface area contributed by atoms with Gasteiger partial charge in [-0.05, 0) is 31.0 Å². The van der Waals surface area contributed by atoms with Crippen LogP contribution >= 0.6 is 0 Å². The normalized spacial score (nSPS) is 20.2. The van der Waals surface area contributed by atoms with Gasteiger partial charge in [0.1, 0.15) is 37.6 Å². The molecule has 124 valence electrons. The summed E-state index contributed by atoms with van der Waals surface area (Å²) in [6, 6.07) is 7.13. The largest absolute Gasteiger partial charge is 0.494 e. The lowest BCUT2D eigenvalue weighted by molar-refractivity contribution is 0.0679. The molecule has 0 aliphatic carbocycles. The molecule has 3 rings (SSSR count). The first-order chi connectivity index (χ1) is 11.3. The van der Waals surface area contributed by atoms with Crippen molar-refractivity contribution in [1.29, 1.82) is 0 Å². The van der Waals surface area contributed by atoms with Crippen molar-refractivity contribution >= 4 is 5.91 Å². The number of amides is 1. The van der Waals surface area contributed by atoms with Crippen molar-refractivity contribution in [3.8, 4) is 5.75 Å². The van der Waals surface area contributed by atoms with Crippen molar-refractivity contribution < 1.29 is 23.7 Å². The fourth-order valence-electron chi connectivity index (χ4n) is 2.46. The number of carbonyl (C=O) groups is 1. The van der Waals surface area contributed by atoms with E-state index in [1.807, 2.05) is 6.07 Å². The van der Waals surface area contributed by atoms with Crippen LogP contribution in [0.4, 0.5) is 0 Å². The Morgan fingerprint density at radius 1 is 1.30 bits per heavy atom. The van der Waals surface area contributed by atoms with Gasteiger partial charge < -0.3 is 24.3 Å². The van der Waals surface area contributed by atoms with E-state index in [2.05, 4.69) is 5.32 Å². The maximum atomic E-state index is 12.2. The molecule has 2 aliphatic heterocycles. The van der Waals surface area contributed by atoms with E-state index in [0.29, 0.717) is 43.4 Å². The Labute approximate surface area is 135 Å². The van der Waals surface area contributed by atoms with Gasteiger partial charge in [0, 0.05) is 12.2 Å². The third kappa shape index (κ3) is 4.63. The molecule has 1 N–H and O–H groups in total. The summed E-state index contributed by atoms with van der Waals surface area (Å²) >= 11 is 0. The molecule has 1 aromatic rings. The lowest BCUT2D eigenvalue weighted by Crippen LogP contribution is -2.27. The maximum Gasteiger partial charge on any atom is 0.251 e. The Hall–Kier alpha value is -2.21. The van der Waals surface area contributed by atoms with Crippen LogP contribution < -0.4 is 10.1 Å². The van der Waals surface area contributed by atoms with E-state index in [4.69, 9.17) is 18.9 Å². The summed E-state index contributed by atoms with van der Waals surface area (Å²) in [7, 11) is 0. The summed E-state index contributed by atoms with van der Waals surface area (Å²) in [4.78, 5) is 12.2. The molecule has 1 fully saturated rings. The first kappa shape index (κ1) is 15.7. The summed E-state index contributed by atoms with van der Waals surface area (Å²) < 4.78 is 21.8. The standard InChI is InChI=1S/C17H21NO5/c19-17(18-10-16-11-20-7-8-22-16)13-3-1-4-14(9-13)23-12-15-5-2-6-21-15/h1,3-4,9,11,15H,2,5-8,10,12H2,(H,18,19)/t15-/m0/s1. The highest BCUT2D eigenvalue weighted by Gasteiger charge is 2.16. The molecule has 2 heterocycles. The highest BCUT2D eigenvalue weighted by atomic mass is 16.6. The zero-order valence-corrected chi connectivity index (χ0v) is 13.0. The molecule has 0 spiro atoms. The zero-order valence-electron chi connectivity index (χ0n) is 13.0. The predicted molar refractivity (Wildman–Crippen MR) is 83.2 cm³/mol. The highest BCUT2D eigenvalue weighted by Crippen LogP contribution is 2.17. The minimum atomic E-state index is -0.178. The first-order valence-corrected chi connectivity index (χ1v) is 7.87. The molecule has 6 nitrogen and oxygen atoms in total. The van der Waals surface area contributed by atoms with Crippen LogP contribution in [0.3, 0.4) is 0 Å². The minimum absolute atomic E-state index is 0.155. The van der Waals surface area contributed by atoms with Crippen LogP contribution in [0.2, 0.25) is 0 Å². The highest BCUT2D eigenvalue weighted by molar-refractivity contribution is 5.94. The molecule has 1 atom stereocenters. The van der Waals surface area contributed by atoms with E-state index in [0.717, 1.165) is 19.4 Å². The van der Waals surface area contributed by atoms with Crippen LogP contribution in [0.25, 0.3) is 0 Å². The van der Waals surface area contributed by atoms with Gasteiger partial charge in [-0.25, -0.2) is 0 Å². The van der Waals surface area contributed by atoms with Crippen molar-refractivity contribution in [2.75, 3.05) is 33.0 Å². The van der Waals surface area contributed by atoms with E-state index >= 15 is 0 Å². The summed E-state index contributed by atoms with van der Waals surface area (Å²) in [5.74, 6) is 1.11. The minimum Gasteiger partial charge on any atom is -0.494 e. The van der Waals surface area contributed by atoms with Crippen LogP contribution in [0.1, 0.15) is 23.2 Å². The van der Waals surface area contributed by atoms with E-state index in [1.165, 1.54) is 6.26 Å². The Morgan fingerprint density at radius 2 is 2.26 bits per heavy atom. The van der Waals surface area contributed by atoms with Gasteiger partial charge in [0.25, 0.3) is 5.91 Å². The Balaban J connectivity index is 1.51. The number of nitrogens with one attached hydrogen (secondary N) is 1. The van der Waals surface area contributed by atoms with Crippen molar-refractivity contribution in [1.82, 2.24) is 5.32 Å². The van der Waals surface area contributed by atoms with Crippen molar-refractivity contribution in [2.24, 2.45) is 0 Å². The Morgan fingerprint density at radius 3 is 3.04 bits per heavy atom. The quantitative estimate of drug-likeness (QED) is 0.867. The van der Waals surface area contributed by atoms with Gasteiger partial charge in [0.05, 0.1) is 12.6 Å². The fraction of sp³-hybridized carbons (Fsp3) is 0.471. The van der Waals surface area contributed by atoms with Gasteiger partial charge >= 0.3 is 0 Å².